The van der Waals surface area contributed by atoms with Crippen molar-refractivity contribution in [1.82, 2.24) is 9.55 Å². The van der Waals surface area contributed by atoms with Gasteiger partial charge in [0.1, 0.15) is 5.82 Å². The number of hydrogen-bond acceptors (Lipinski definition) is 2. The monoisotopic (exact) mass is 349 g/mol. The third kappa shape index (κ3) is 2.19. The molecular formula is C15H13BrClN3. The molecule has 0 unspecified atom stereocenters. The summed E-state index contributed by atoms with van der Waals surface area (Å²) >= 11 is 9.78. The molecule has 0 aliphatic rings. The van der Waals surface area contributed by atoms with Crippen LogP contribution in [0.4, 0.5) is 5.69 Å². The highest BCUT2D eigenvalue weighted by Gasteiger charge is 2.14. The molecule has 0 aliphatic heterocycles. The van der Waals surface area contributed by atoms with Crippen molar-refractivity contribution >= 4 is 44.3 Å². The largest absolute Gasteiger partial charge is 0.399 e. The predicted molar refractivity (Wildman–Crippen MR) is 88.0 cm³/mol. The fourth-order valence-corrected chi connectivity index (χ4v) is 2.89. The Hall–Kier alpha value is -1.52. The van der Waals surface area contributed by atoms with E-state index in [1.54, 1.807) is 6.07 Å². The van der Waals surface area contributed by atoms with Gasteiger partial charge in [-0.05, 0) is 43.3 Å². The summed E-state index contributed by atoms with van der Waals surface area (Å²) in [5.74, 6) is 0.845. The molecule has 0 spiro atoms. The fraction of sp³-hybridized carbons (Fsp3) is 0.133. The molecule has 3 aromatic rings. The second kappa shape index (κ2) is 5.11. The lowest BCUT2D eigenvalue weighted by Crippen LogP contribution is -1.98. The van der Waals surface area contributed by atoms with Crippen LogP contribution < -0.4 is 5.73 Å². The SMILES string of the molecule is CCn1c(-c2cc(N)ccc2Cl)nc2cc(Br)ccc21. The van der Waals surface area contributed by atoms with Crippen LogP contribution in [0, 0.1) is 0 Å². The van der Waals surface area contributed by atoms with Crippen molar-refractivity contribution in [2.75, 3.05) is 5.73 Å². The molecule has 102 valence electrons. The van der Waals surface area contributed by atoms with E-state index in [1.165, 1.54) is 0 Å². The van der Waals surface area contributed by atoms with Crippen molar-refractivity contribution in [3.05, 3.63) is 45.9 Å². The summed E-state index contributed by atoms with van der Waals surface area (Å²) in [5.41, 5.74) is 9.44. The highest BCUT2D eigenvalue weighted by Crippen LogP contribution is 2.32. The fourth-order valence-electron chi connectivity index (χ4n) is 2.34. The topological polar surface area (TPSA) is 43.8 Å². The van der Waals surface area contributed by atoms with E-state index in [2.05, 4.69) is 33.5 Å². The van der Waals surface area contributed by atoms with Gasteiger partial charge in [0.05, 0.1) is 16.1 Å². The number of halogens is 2. The molecule has 0 aliphatic carbocycles. The van der Waals surface area contributed by atoms with Crippen LogP contribution in [0.25, 0.3) is 22.4 Å². The summed E-state index contributed by atoms with van der Waals surface area (Å²) in [4.78, 5) is 4.71. The van der Waals surface area contributed by atoms with E-state index in [0.29, 0.717) is 10.7 Å². The molecule has 1 aromatic heterocycles. The normalized spacial score (nSPS) is 11.2. The lowest BCUT2D eigenvalue weighted by Gasteiger charge is -2.08. The van der Waals surface area contributed by atoms with Gasteiger partial charge in [-0.3, -0.25) is 0 Å². The molecule has 3 nitrogen and oxygen atoms in total. The Morgan fingerprint density at radius 2 is 2.05 bits per heavy atom. The smallest absolute Gasteiger partial charge is 0.142 e. The van der Waals surface area contributed by atoms with E-state index in [-0.39, 0.29) is 0 Å². The standard InChI is InChI=1S/C15H13BrClN3/c1-2-20-14-6-3-9(16)7-13(14)19-15(20)11-8-10(18)4-5-12(11)17/h3-8H,2,18H2,1H3. The van der Waals surface area contributed by atoms with Gasteiger partial charge in [-0.15, -0.1) is 0 Å². The van der Waals surface area contributed by atoms with Crippen molar-refractivity contribution < 1.29 is 0 Å². The second-order valence-corrected chi connectivity index (χ2v) is 5.87. The van der Waals surface area contributed by atoms with E-state index < -0.39 is 0 Å². The third-order valence-corrected chi connectivity index (χ3v) is 4.08. The van der Waals surface area contributed by atoms with Crippen molar-refractivity contribution in [2.45, 2.75) is 13.5 Å². The summed E-state index contributed by atoms with van der Waals surface area (Å²) in [6, 6.07) is 11.5. The average molecular weight is 351 g/mol. The Balaban J connectivity index is 2.32. The highest BCUT2D eigenvalue weighted by atomic mass is 79.9. The summed E-state index contributed by atoms with van der Waals surface area (Å²) in [6.07, 6.45) is 0. The first-order valence-electron chi connectivity index (χ1n) is 6.31. The van der Waals surface area contributed by atoms with Gasteiger partial charge in [0.15, 0.2) is 0 Å². The first-order chi connectivity index (χ1) is 9.60. The maximum Gasteiger partial charge on any atom is 0.142 e. The van der Waals surface area contributed by atoms with Gasteiger partial charge in [-0.1, -0.05) is 27.5 Å². The number of nitrogen functional groups attached to an aromatic ring is 1. The number of imidazole rings is 1. The predicted octanol–water partition coefficient (Wildman–Crippen LogP) is 4.72. The first kappa shape index (κ1) is 13.5. The Bertz CT molecular complexity index is 795. The zero-order chi connectivity index (χ0) is 14.3. The molecule has 0 saturated heterocycles. The van der Waals surface area contributed by atoms with E-state index in [1.807, 2.05) is 24.3 Å². The second-order valence-electron chi connectivity index (χ2n) is 4.55. The number of aromatic nitrogens is 2. The Morgan fingerprint density at radius 1 is 1.25 bits per heavy atom. The zero-order valence-electron chi connectivity index (χ0n) is 10.9. The van der Waals surface area contributed by atoms with Gasteiger partial charge in [-0.25, -0.2) is 4.98 Å². The van der Waals surface area contributed by atoms with Gasteiger partial charge >= 0.3 is 0 Å². The van der Waals surface area contributed by atoms with Gasteiger partial charge in [0.2, 0.25) is 0 Å². The van der Waals surface area contributed by atoms with Crippen LogP contribution in [-0.2, 0) is 6.54 Å². The molecule has 3 rings (SSSR count). The number of nitrogens with zero attached hydrogens (tertiary/aromatic N) is 2. The van der Waals surface area contributed by atoms with Crippen molar-refractivity contribution in [1.29, 1.82) is 0 Å². The molecule has 0 saturated carbocycles. The van der Waals surface area contributed by atoms with Crippen LogP contribution in [0.2, 0.25) is 5.02 Å². The van der Waals surface area contributed by atoms with Crippen molar-refractivity contribution in [3.63, 3.8) is 0 Å². The minimum Gasteiger partial charge on any atom is -0.399 e. The van der Waals surface area contributed by atoms with Crippen LogP contribution >= 0.6 is 27.5 Å². The molecule has 2 aromatic carbocycles. The van der Waals surface area contributed by atoms with Gasteiger partial charge in [0, 0.05) is 22.3 Å². The summed E-state index contributed by atoms with van der Waals surface area (Å²) < 4.78 is 3.15. The Kier molecular flexibility index (Phi) is 3.44. The molecular weight excluding hydrogens is 338 g/mol. The van der Waals surface area contributed by atoms with Gasteiger partial charge in [-0.2, -0.15) is 0 Å². The summed E-state index contributed by atoms with van der Waals surface area (Å²) in [6.45, 7) is 2.91. The minimum atomic E-state index is 0.656. The number of fused-ring (bicyclic) bond motifs is 1. The third-order valence-electron chi connectivity index (χ3n) is 3.26. The van der Waals surface area contributed by atoms with Crippen LogP contribution in [0.3, 0.4) is 0 Å². The Labute approximate surface area is 130 Å². The molecule has 1 heterocycles. The summed E-state index contributed by atoms with van der Waals surface area (Å²) in [5, 5.41) is 0.656. The maximum atomic E-state index is 6.30. The molecule has 20 heavy (non-hydrogen) atoms. The number of rotatable bonds is 2. The van der Waals surface area contributed by atoms with Crippen LogP contribution in [0.5, 0.6) is 0 Å². The molecule has 0 fully saturated rings. The van der Waals surface area contributed by atoms with Crippen molar-refractivity contribution in [3.8, 4) is 11.4 Å². The van der Waals surface area contributed by atoms with E-state index in [9.17, 15) is 0 Å². The van der Waals surface area contributed by atoms with E-state index >= 15 is 0 Å². The molecule has 2 N–H and O–H groups in total. The van der Waals surface area contributed by atoms with Gasteiger partial charge in [0.25, 0.3) is 0 Å². The number of hydrogen-bond donors (Lipinski definition) is 1. The number of nitrogens with two attached hydrogens (primary N) is 1. The quantitative estimate of drug-likeness (QED) is 0.680. The molecule has 0 bridgehead atoms. The summed E-state index contributed by atoms with van der Waals surface area (Å²) in [7, 11) is 0. The Morgan fingerprint density at radius 3 is 2.80 bits per heavy atom. The number of aryl methyl sites for hydroxylation is 1. The van der Waals surface area contributed by atoms with Crippen LogP contribution in [0.1, 0.15) is 6.92 Å². The molecule has 5 heteroatoms. The van der Waals surface area contributed by atoms with Crippen LogP contribution in [-0.4, -0.2) is 9.55 Å². The first-order valence-corrected chi connectivity index (χ1v) is 7.48. The van der Waals surface area contributed by atoms with Crippen LogP contribution in [0.15, 0.2) is 40.9 Å². The van der Waals surface area contributed by atoms with E-state index in [0.717, 1.165) is 33.4 Å². The lowest BCUT2D eigenvalue weighted by molar-refractivity contribution is 0.796. The molecule has 0 amide bonds. The average Bonchev–Trinajstić information content (AvgIpc) is 2.78. The molecule has 0 atom stereocenters. The minimum absolute atomic E-state index is 0.656. The van der Waals surface area contributed by atoms with Gasteiger partial charge < -0.3 is 10.3 Å². The number of anilines is 1. The van der Waals surface area contributed by atoms with E-state index in [4.69, 9.17) is 22.3 Å². The number of benzene rings is 2. The van der Waals surface area contributed by atoms with Crippen molar-refractivity contribution in [2.24, 2.45) is 0 Å². The maximum absolute atomic E-state index is 6.30. The highest BCUT2D eigenvalue weighted by molar-refractivity contribution is 9.10. The molecule has 0 radical (unpaired) electrons. The zero-order valence-corrected chi connectivity index (χ0v) is 13.2. The lowest BCUT2D eigenvalue weighted by atomic mass is 10.2.